The van der Waals surface area contributed by atoms with Gasteiger partial charge in [0, 0.05) is 25.9 Å². The molecular formula is C17H19N5O4S. The van der Waals surface area contributed by atoms with Crippen LogP contribution in [0.4, 0.5) is 5.69 Å². The highest BCUT2D eigenvalue weighted by atomic mass is 32.2. The summed E-state index contributed by atoms with van der Waals surface area (Å²) in [5.74, 6) is 0.309. The van der Waals surface area contributed by atoms with Crippen molar-refractivity contribution >= 4 is 21.6 Å². The molecule has 2 aromatic heterocycles. The maximum Gasteiger partial charge on any atom is 0.242 e. The van der Waals surface area contributed by atoms with E-state index in [4.69, 9.17) is 4.52 Å². The zero-order chi connectivity index (χ0) is 19.6. The molecule has 1 aromatic carbocycles. The van der Waals surface area contributed by atoms with Gasteiger partial charge >= 0.3 is 0 Å². The summed E-state index contributed by atoms with van der Waals surface area (Å²) in [6, 6.07) is 8.24. The molecule has 142 valence electrons. The van der Waals surface area contributed by atoms with Gasteiger partial charge in [0.25, 0.3) is 0 Å². The minimum atomic E-state index is -3.78. The van der Waals surface area contributed by atoms with Crippen LogP contribution in [-0.4, -0.2) is 29.0 Å². The summed E-state index contributed by atoms with van der Waals surface area (Å²) < 4.78 is 34.5. The Kier molecular flexibility index (Phi) is 5.10. The van der Waals surface area contributed by atoms with Gasteiger partial charge in [0.05, 0.1) is 17.1 Å². The van der Waals surface area contributed by atoms with Gasteiger partial charge in [-0.05, 0) is 42.8 Å². The molecule has 1 amide bonds. The summed E-state index contributed by atoms with van der Waals surface area (Å²) in [5.41, 5.74) is 1.80. The van der Waals surface area contributed by atoms with Gasteiger partial charge < -0.3 is 14.4 Å². The SMILES string of the molecule is CC(=O)Nc1ccc(S(=O)(=O)NCc2nc(-c3cccn3C)no2)c(C)c1. The molecule has 0 spiro atoms. The number of aryl methyl sites for hydroxylation is 2. The van der Waals surface area contributed by atoms with Gasteiger partial charge in [-0.15, -0.1) is 0 Å². The first-order chi connectivity index (χ1) is 12.8. The molecule has 0 aliphatic rings. The number of carbonyl (C=O) groups is 1. The number of sulfonamides is 1. The maximum absolute atomic E-state index is 12.6. The number of carbonyl (C=O) groups excluding carboxylic acids is 1. The molecule has 9 nitrogen and oxygen atoms in total. The van der Waals surface area contributed by atoms with Gasteiger partial charge in [0.2, 0.25) is 27.6 Å². The van der Waals surface area contributed by atoms with Gasteiger partial charge in [-0.1, -0.05) is 5.16 Å². The van der Waals surface area contributed by atoms with Crippen molar-refractivity contribution in [3.8, 4) is 11.5 Å². The maximum atomic E-state index is 12.6. The van der Waals surface area contributed by atoms with E-state index in [1.165, 1.54) is 19.1 Å². The van der Waals surface area contributed by atoms with Crippen LogP contribution in [0.2, 0.25) is 0 Å². The number of amides is 1. The Hall–Kier alpha value is -2.98. The van der Waals surface area contributed by atoms with E-state index < -0.39 is 10.0 Å². The predicted molar refractivity (Wildman–Crippen MR) is 98.2 cm³/mol. The van der Waals surface area contributed by atoms with Gasteiger partial charge in [0.1, 0.15) is 0 Å². The molecule has 3 rings (SSSR count). The van der Waals surface area contributed by atoms with Crippen molar-refractivity contribution in [2.24, 2.45) is 7.05 Å². The van der Waals surface area contributed by atoms with Crippen LogP contribution in [-0.2, 0) is 28.4 Å². The fourth-order valence-electron chi connectivity index (χ4n) is 2.59. The average Bonchev–Trinajstić information content (AvgIpc) is 3.20. The van der Waals surface area contributed by atoms with Crippen molar-refractivity contribution in [3.05, 3.63) is 48.0 Å². The summed E-state index contributed by atoms with van der Waals surface area (Å²) in [4.78, 5) is 15.4. The number of aromatic nitrogens is 3. The Morgan fingerprint density at radius 2 is 2.07 bits per heavy atom. The summed E-state index contributed by atoms with van der Waals surface area (Å²) >= 11 is 0. The van der Waals surface area contributed by atoms with Crippen LogP contribution in [0.1, 0.15) is 18.4 Å². The molecule has 0 aliphatic heterocycles. The number of hydrogen-bond donors (Lipinski definition) is 2. The van der Waals surface area contributed by atoms with Crippen LogP contribution in [0.15, 0.2) is 45.9 Å². The molecule has 3 aromatic rings. The van der Waals surface area contributed by atoms with Crippen molar-refractivity contribution < 1.29 is 17.7 Å². The van der Waals surface area contributed by atoms with E-state index in [0.717, 1.165) is 5.69 Å². The minimum Gasteiger partial charge on any atom is -0.348 e. The van der Waals surface area contributed by atoms with Crippen molar-refractivity contribution in [3.63, 3.8) is 0 Å². The Labute approximate surface area is 156 Å². The lowest BCUT2D eigenvalue weighted by molar-refractivity contribution is -0.114. The van der Waals surface area contributed by atoms with Crippen LogP contribution in [0.5, 0.6) is 0 Å². The van der Waals surface area contributed by atoms with Crippen molar-refractivity contribution in [1.29, 1.82) is 0 Å². The zero-order valence-corrected chi connectivity index (χ0v) is 15.9. The molecule has 2 heterocycles. The first-order valence-corrected chi connectivity index (χ1v) is 9.57. The lowest BCUT2D eigenvalue weighted by Crippen LogP contribution is -2.24. The van der Waals surface area contributed by atoms with Gasteiger partial charge in [-0.3, -0.25) is 4.79 Å². The topological polar surface area (TPSA) is 119 Å². The van der Waals surface area contributed by atoms with E-state index in [9.17, 15) is 13.2 Å². The van der Waals surface area contributed by atoms with Gasteiger partial charge in [-0.2, -0.15) is 4.98 Å². The Balaban J connectivity index is 1.73. The van der Waals surface area contributed by atoms with Crippen molar-refractivity contribution in [2.75, 3.05) is 5.32 Å². The minimum absolute atomic E-state index is 0.110. The number of rotatable bonds is 6. The summed E-state index contributed by atoms with van der Waals surface area (Å²) in [7, 11) is -1.93. The second kappa shape index (κ2) is 7.33. The normalized spacial score (nSPS) is 11.5. The van der Waals surface area contributed by atoms with Gasteiger partial charge in [0.15, 0.2) is 0 Å². The fraction of sp³-hybridized carbons (Fsp3) is 0.235. The van der Waals surface area contributed by atoms with Crippen molar-refractivity contribution in [1.82, 2.24) is 19.4 Å². The molecule has 0 aliphatic carbocycles. The number of nitrogens with zero attached hydrogens (tertiary/aromatic N) is 3. The highest BCUT2D eigenvalue weighted by Gasteiger charge is 2.19. The molecule has 0 bridgehead atoms. The van der Waals surface area contributed by atoms with Crippen LogP contribution in [0, 0.1) is 6.92 Å². The lowest BCUT2D eigenvalue weighted by atomic mass is 10.2. The first kappa shape index (κ1) is 18.8. The third-order valence-electron chi connectivity index (χ3n) is 3.84. The summed E-state index contributed by atoms with van der Waals surface area (Å²) in [6.07, 6.45) is 1.85. The van der Waals surface area contributed by atoms with E-state index in [1.54, 1.807) is 13.0 Å². The molecule has 10 heteroatoms. The molecule has 0 atom stereocenters. The number of hydrogen-bond acceptors (Lipinski definition) is 6. The highest BCUT2D eigenvalue weighted by molar-refractivity contribution is 7.89. The highest BCUT2D eigenvalue weighted by Crippen LogP contribution is 2.20. The zero-order valence-electron chi connectivity index (χ0n) is 15.1. The van der Waals surface area contributed by atoms with E-state index >= 15 is 0 Å². The quantitative estimate of drug-likeness (QED) is 0.664. The third kappa shape index (κ3) is 4.23. The molecule has 0 unspecified atom stereocenters. The molecule has 2 N–H and O–H groups in total. The standard InChI is InChI=1S/C17H19N5O4S/c1-11-9-13(19-12(2)23)6-7-15(11)27(24,25)18-10-16-20-17(21-26-16)14-5-4-8-22(14)3/h4-9,18H,10H2,1-3H3,(H,19,23). The Bertz CT molecular complexity index is 1080. The lowest BCUT2D eigenvalue weighted by Gasteiger charge is -2.10. The fourth-order valence-corrected chi connectivity index (χ4v) is 3.79. The Morgan fingerprint density at radius 1 is 1.30 bits per heavy atom. The molecule has 27 heavy (non-hydrogen) atoms. The smallest absolute Gasteiger partial charge is 0.242 e. The summed E-state index contributed by atoms with van der Waals surface area (Å²) in [6.45, 7) is 2.91. The van der Waals surface area contributed by atoms with Crippen LogP contribution >= 0.6 is 0 Å². The van der Waals surface area contributed by atoms with E-state index in [2.05, 4.69) is 20.2 Å². The Morgan fingerprint density at radius 3 is 2.70 bits per heavy atom. The predicted octanol–water partition coefficient (Wildman–Crippen LogP) is 1.82. The van der Waals surface area contributed by atoms with E-state index in [0.29, 0.717) is 17.1 Å². The first-order valence-electron chi connectivity index (χ1n) is 8.08. The van der Waals surface area contributed by atoms with Crippen molar-refractivity contribution in [2.45, 2.75) is 25.3 Å². The number of nitrogens with one attached hydrogen (secondary N) is 2. The second-order valence-corrected chi connectivity index (χ2v) is 7.74. The van der Waals surface area contributed by atoms with Crippen LogP contribution in [0.3, 0.4) is 0 Å². The second-order valence-electron chi connectivity index (χ2n) is 6.00. The van der Waals surface area contributed by atoms with Crippen LogP contribution in [0.25, 0.3) is 11.5 Å². The van der Waals surface area contributed by atoms with Crippen LogP contribution < -0.4 is 10.0 Å². The summed E-state index contributed by atoms with van der Waals surface area (Å²) in [5, 5.41) is 6.48. The largest absolute Gasteiger partial charge is 0.348 e. The third-order valence-corrected chi connectivity index (χ3v) is 5.40. The van der Waals surface area contributed by atoms with E-state index in [-0.39, 0.29) is 23.2 Å². The number of benzene rings is 1. The molecule has 0 saturated carbocycles. The van der Waals surface area contributed by atoms with E-state index in [1.807, 2.05) is 29.9 Å². The molecule has 0 saturated heterocycles. The van der Waals surface area contributed by atoms with Gasteiger partial charge in [-0.25, -0.2) is 13.1 Å². The monoisotopic (exact) mass is 389 g/mol. The molecular weight excluding hydrogens is 370 g/mol. The molecule has 0 fully saturated rings. The molecule has 0 radical (unpaired) electrons. The number of anilines is 1. The average molecular weight is 389 g/mol.